The predicted octanol–water partition coefficient (Wildman–Crippen LogP) is 4.77. The van der Waals surface area contributed by atoms with E-state index in [1.807, 2.05) is 30.3 Å². The minimum absolute atomic E-state index is 0.104. The number of nitrogens with zero attached hydrogens (tertiary/aromatic N) is 2. The van der Waals surface area contributed by atoms with Crippen LogP contribution in [-0.4, -0.2) is 17.1 Å². The van der Waals surface area contributed by atoms with Gasteiger partial charge in [-0.25, -0.2) is 9.97 Å². The smallest absolute Gasteiger partial charge is 0.163 e. The fourth-order valence-electron chi connectivity index (χ4n) is 2.07. The van der Waals surface area contributed by atoms with Gasteiger partial charge in [-0.15, -0.1) is 0 Å². The van der Waals surface area contributed by atoms with Crippen LogP contribution in [0.4, 0.5) is 0 Å². The van der Waals surface area contributed by atoms with E-state index in [1.54, 1.807) is 7.11 Å². The highest BCUT2D eigenvalue weighted by Crippen LogP contribution is 2.32. The summed E-state index contributed by atoms with van der Waals surface area (Å²) in [5.41, 5.74) is 1.85. The summed E-state index contributed by atoms with van der Waals surface area (Å²) in [7, 11) is 1.66. The Hall–Kier alpha value is -0.720. The van der Waals surface area contributed by atoms with Gasteiger partial charge >= 0.3 is 0 Å². The molecule has 0 aliphatic carbocycles. The van der Waals surface area contributed by atoms with Crippen molar-refractivity contribution < 1.29 is 4.74 Å². The fraction of sp³-hybridized carbons (Fsp3) is 0.375. The lowest BCUT2D eigenvalue weighted by Crippen LogP contribution is -2.20. The number of hydrogen-bond acceptors (Lipinski definition) is 3. The molecule has 1 aromatic carbocycles. The molecule has 0 saturated heterocycles. The third-order valence-corrected chi connectivity index (χ3v) is 4.73. The molecule has 5 heteroatoms. The summed E-state index contributed by atoms with van der Waals surface area (Å²) in [6.45, 7) is 6.34. The number of aromatic nitrogens is 2. The van der Waals surface area contributed by atoms with Gasteiger partial charge in [-0.05, 0) is 28.2 Å². The maximum Gasteiger partial charge on any atom is 0.163 e. The molecule has 0 radical (unpaired) electrons. The number of halogens is 2. The van der Waals surface area contributed by atoms with Crippen LogP contribution in [0.2, 0.25) is 5.15 Å². The molecule has 0 bridgehead atoms. The normalized spacial score (nSPS) is 13.2. The first-order chi connectivity index (χ1) is 9.84. The van der Waals surface area contributed by atoms with Gasteiger partial charge in [-0.1, -0.05) is 62.7 Å². The van der Waals surface area contributed by atoms with Crippen LogP contribution in [0.15, 0.2) is 30.3 Å². The monoisotopic (exact) mass is 416 g/mol. The second-order valence-corrected chi connectivity index (χ2v) is 7.25. The van der Waals surface area contributed by atoms with Crippen LogP contribution in [0.1, 0.15) is 44.0 Å². The Balaban J connectivity index is 2.56. The number of rotatable bonds is 3. The van der Waals surface area contributed by atoms with Gasteiger partial charge in [0.25, 0.3) is 0 Å². The average Bonchev–Trinajstić information content (AvgIpc) is 2.43. The lowest BCUT2D eigenvalue weighted by atomic mass is 9.92. The lowest BCUT2D eigenvalue weighted by Gasteiger charge is -2.22. The summed E-state index contributed by atoms with van der Waals surface area (Å²) in [5.74, 6) is 0.596. The van der Waals surface area contributed by atoms with Gasteiger partial charge in [0.15, 0.2) is 5.82 Å². The van der Waals surface area contributed by atoms with Gasteiger partial charge in [0.1, 0.15) is 11.3 Å². The summed E-state index contributed by atoms with van der Waals surface area (Å²) >= 11 is 8.50. The maximum atomic E-state index is 6.30. The summed E-state index contributed by atoms with van der Waals surface area (Å²) in [4.78, 5) is 9.14. The van der Waals surface area contributed by atoms with Crippen molar-refractivity contribution in [3.05, 3.63) is 56.1 Å². The Morgan fingerprint density at radius 2 is 1.76 bits per heavy atom. The molecule has 21 heavy (non-hydrogen) atoms. The quantitative estimate of drug-likeness (QED) is 0.534. The number of benzene rings is 1. The van der Waals surface area contributed by atoms with Crippen LogP contribution in [0.5, 0.6) is 0 Å². The van der Waals surface area contributed by atoms with E-state index in [4.69, 9.17) is 21.3 Å². The van der Waals surface area contributed by atoms with Crippen LogP contribution < -0.4 is 0 Å². The van der Waals surface area contributed by atoms with Gasteiger partial charge in [-0.2, -0.15) is 0 Å². The second kappa shape index (κ2) is 6.58. The largest absolute Gasteiger partial charge is 0.369 e. The third-order valence-electron chi connectivity index (χ3n) is 3.11. The Kier molecular flexibility index (Phi) is 5.22. The van der Waals surface area contributed by atoms with E-state index in [2.05, 4.69) is 48.3 Å². The van der Waals surface area contributed by atoms with E-state index in [0.29, 0.717) is 11.0 Å². The molecule has 0 fully saturated rings. The average molecular weight is 417 g/mol. The van der Waals surface area contributed by atoms with Crippen molar-refractivity contribution in [1.29, 1.82) is 0 Å². The first-order valence-electron chi connectivity index (χ1n) is 6.65. The second-order valence-electron chi connectivity index (χ2n) is 5.81. The zero-order valence-electron chi connectivity index (χ0n) is 12.5. The van der Waals surface area contributed by atoms with Crippen LogP contribution in [0.25, 0.3) is 0 Å². The van der Waals surface area contributed by atoms with Crippen molar-refractivity contribution in [2.45, 2.75) is 32.3 Å². The molecule has 0 aliphatic rings. The van der Waals surface area contributed by atoms with E-state index in [1.165, 1.54) is 0 Å². The van der Waals surface area contributed by atoms with E-state index in [9.17, 15) is 0 Å². The molecule has 2 aromatic rings. The minimum atomic E-state index is -0.318. The van der Waals surface area contributed by atoms with E-state index >= 15 is 0 Å². The summed E-state index contributed by atoms with van der Waals surface area (Å²) in [5, 5.41) is 0.475. The molecule has 1 unspecified atom stereocenters. The molecule has 0 N–H and O–H groups in total. The van der Waals surface area contributed by atoms with E-state index < -0.39 is 0 Å². The molecule has 0 aliphatic heterocycles. The van der Waals surface area contributed by atoms with Crippen LogP contribution in [-0.2, 0) is 10.2 Å². The van der Waals surface area contributed by atoms with Crippen LogP contribution >= 0.6 is 34.2 Å². The Labute approximate surface area is 144 Å². The van der Waals surface area contributed by atoms with Crippen LogP contribution in [0.3, 0.4) is 0 Å². The van der Waals surface area contributed by atoms with Gasteiger partial charge in [0.2, 0.25) is 0 Å². The Morgan fingerprint density at radius 1 is 1.14 bits per heavy atom. The highest BCUT2D eigenvalue weighted by Gasteiger charge is 2.25. The highest BCUT2D eigenvalue weighted by molar-refractivity contribution is 14.1. The molecule has 0 amide bonds. The Bertz CT molecular complexity index is 626. The molecule has 3 nitrogen and oxygen atoms in total. The van der Waals surface area contributed by atoms with E-state index in [-0.39, 0.29) is 11.5 Å². The number of ether oxygens (including phenoxy) is 1. The molecule has 1 heterocycles. The van der Waals surface area contributed by atoms with Crippen LogP contribution in [0, 0.1) is 3.57 Å². The standard InChI is InChI=1S/C16H18ClIN2O/c1-16(2,3)13-11(18)14(17)20-15(19-13)12(21-4)10-8-6-5-7-9-10/h5-9,12H,1-4H3. The minimum Gasteiger partial charge on any atom is -0.369 e. The summed E-state index contributed by atoms with van der Waals surface area (Å²) in [6, 6.07) is 9.92. The summed E-state index contributed by atoms with van der Waals surface area (Å²) in [6.07, 6.45) is -0.318. The lowest BCUT2D eigenvalue weighted by molar-refractivity contribution is 0.128. The molecule has 0 saturated carbocycles. The van der Waals surface area contributed by atoms with Crippen molar-refractivity contribution in [3.63, 3.8) is 0 Å². The van der Waals surface area contributed by atoms with Crippen molar-refractivity contribution in [2.24, 2.45) is 0 Å². The van der Waals surface area contributed by atoms with Crippen molar-refractivity contribution >= 4 is 34.2 Å². The first-order valence-corrected chi connectivity index (χ1v) is 8.11. The maximum absolute atomic E-state index is 6.30. The number of hydrogen-bond donors (Lipinski definition) is 0. The van der Waals surface area contributed by atoms with Gasteiger partial charge in [-0.3, -0.25) is 0 Å². The molecule has 112 valence electrons. The van der Waals surface area contributed by atoms with Gasteiger partial charge in [0.05, 0.1) is 9.26 Å². The summed E-state index contributed by atoms with van der Waals surface area (Å²) < 4.78 is 6.50. The Morgan fingerprint density at radius 3 is 2.29 bits per heavy atom. The third kappa shape index (κ3) is 3.73. The zero-order chi connectivity index (χ0) is 15.6. The van der Waals surface area contributed by atoms with Crippen molar-refractivity contribution in [3.8, 4) is 0 Å². The SMILES string of the molecule is COC(c1ccccc1)c1nc(Cl)c(I)c(C(C)(C)C)n1. The van der Waals surface area contributed by atoms with Gasteiger partial charge < -0.3 is 4.74 Å². The predicted molar refractivity (Wildman–Crippen MR) is 93.8 cm³/mol. The zero-order valence-corrected chi connectivity index (χ0v) is 15.4. The highest BCUT2D eigenvalue weighted by atomic mass is 127. The van der Waals surface area contributed by atoms with Gasteiger partial charge in [0, 0.05) is 12.5 Å². The molecule has 2 rings (SSSR count). The topological polar surface area (TPSA) is 35.0 Å². The first kappa shape index (κ1) is 16.6. The molecular formula is C16H18ClIN2O. The van der Waals surface area contributed by atoms with Crippen molar-refractivity contribution in [1.82, 2.24) is 9.97 Å². The van der Waals surface area contributed by atoms with E-state index in [0.717, 1.165) is 14.8 Å². The van der Waals surface area contributed by atoms with Crippen molar-refractivity contribution in [2.75, 3.05) is 7.11 Å². The fourth-order valence-corrected chi connectivity index (χ4v) is 3.29. The molecule has 1 atom stereocenters. The molecular weight excluding hydrogens is 399 g/mol. The molecule has 1 aromatic heterocycles. The number of methoxy groups -OCH3 is 1. The molecule has 0 spiro atoms.